The van der Waals surface area contributed by atoms with Gasteiger partial charge in [0.15, 0.2) is 6.61 Å². The predicted molar refractivity (Wildman–Crippen MR) is 108 cm³/mol. The third kappa shape index (κ3) is 5.55. The van der Waals surface area contributed by atoms with E-state index in [2.05, 4.69) is 4.72 Å². The standard InChI is InChI=1S/C19H22N2O6S2/c1-13-10-21(11-14(2)27-13)17(22)12-26-19(23)15-5-7-16(8-6-15)20-29(24,25)18-4-3-9-28-18/h3-9,13-14,20H,10-12H2,1-2H3/t13-,14-/m1/s1. The summed E-state index contributed by atoms with van der Waals surface area (Å²) >= 11 is 1.11. The van der Waals surface area contributed by atoms with Crippen molar-refractivity contribution in [2.24, 2.45) is 0 Å². The molecular weight excluding hydrogens is 416 g/mol. The van der Waals surface area contributed by atoms with Crippen LogP contribution in [0.15, 0.2) is 46.0 Å². The van der Waals surface area contributed by atoms with Gasteiger partial charge in [-0.15, -0.1) is 11.3 Å². The number of hydrogen-bond acceptors (Lipinski definition) is 7. The lowest BCUT2D eigenvalue weighted by molar-refractivity contribution is -0.146. The molecule has 2 aromatic rings. The summed E-state index contributed by atoms with van der Waals surface area (Å²) in [7, 11) is -3.65. The molecule has 1 N–H and O–H groups in total. The van der Waals surface area contributed by atoms with Gasteiger partial charge in [-0.05, 0) is 49.6 Å². The van der Waals surface area contributed by atoms with E-state index >= 15 is 0 Å². The smallest absolute Gasteiger partial charge is 0.338 e. The number of hydrogen-bond donors (Lipinski definition) is 1. The van der Waals surface area contributed by atoms with E-state index in [1.54, 1.807) is 16.3 Å². The van der Waals surface area contributed by atoms with Gasteiger partial charge in [0.2, 0.25) is 0 Å². The lowest BCUT2D eigenvalue weighted by atomic mass is 10.2. The monoisotopic (exact) mass is 438 g/mol. The van der Waals surface area contributed by atoms with Crippen molar-refractivity contribution in [3.63, 3.8) is 0 Å². The van der Waals surface area contributed by atoms with E-state index in [1.165, 1.54) is 30.3 Å². The van der Waals surface area contributed by atoms with E-state index in [0.717, 1.165) is 11.3 Å². The van der Waals surface area contributed by atoms with Crippen LogP contribution in [0.2, 0.25) is 0 Å². The summed E-state index contributed by atoms with van der Waals surface area (Å²) < 4.78 is 37.8. The molecular formula is C19H22N2O6S2. The van der Waals surface area contributed by atoms with E-state index < -0.39 is 16.0 Å². The fourth-order valence-electron chi connectivity index (χ4n) is 2.98. The van der Waals surface area contributed by atoms with Crippen molar-refractivity contribution in [1.82, 2.24) is 4.90 Å². The Bertz CT molecular complexity index is 947. The normalized spacial score (nSPS) is 19.6. The van der Waals surface area contributed by atoms with Crippen LogP contribution in [0.25, 0.3) is 0 Å². The SMILES string of the molecule is C[C@@H]1CN(C(=O)COC(=O)c2ccc(NS(=O)(=O)c3cccs3)cc2)C[C@@H](C)O1. The van der Waals surface area contributed by atoms with Crippen molar-refractivity contribution >= 4 is 38.9 Å². The Balaban J connectivity index is 1.54. The number of rotatable bonds is 6. The first-order valence-electron chi connectivity index (χ1n) is 9.01. The van der Waals surface area contributed by atoms with Gasteiger partial charge in [-0.1, -0.05) is 6.07 Å². The van der Waals surface area contributed by atoms with Crippen LogP contribution in [0.5, 0.6) is 0 Å². The molecule has 8 nitrogen and oxygen atoms in total. The number of carbonyl (C=O) groups is 2. The highest BCUT2D eigenvalue weighted by atomic mass is 32.2. The molecule has 2 heterocycles. The zero-order chi connectivity index (χ0) is 21.0. The molecule has 2 atom stereocenters. The van der Waals surface area contributed by atoms with Crippen molar-refractivity contribution < 1.29 is 27.5 Å². The summed E-state index contributed by atoms with van der Waals surface area (Å²) in [6.45, 7) is 4.33. The lowest BCUT2D eigenvalue weighted by Crippen LogP contribution is -2.49. The molecule has 1 aliphatic rings. The van der Waals surface area contributed by atoms with Crippen LogP contribution in [-0.2, 0) is 24.3 Å². The van der Waals surface area contributed by atoms with E-state index in [0.29, 0.717) is 18.8 Å². The minimum absolute atomic E-state index is 0.0658. The summed E-state index contributed by atoms with van der Waals surface area (Å²) in [6, 6.07) is 8.98. The van der Waals surface area contributed by atoms with Crippen molar-refractivity contribution in [2.75, 3.05) is 24.4 Å². The summed E-state index contributed by atoms with van der Waals surface area (Å²) in [5.41, 5.74) is 0.544. The first-order valence-corrected chi connectivity index (χ1v) is 11.4. The number of morpholine rings is 1. The molecule has 0 saturated carbocycles. The first-order chi connectivity index (χ1) is 13.7. The third-order valence-electron chi connectivity index (χ3n) is 4.23. The summed E-state index contributed by atoms with van der Waals surface area (Å²) in [4.78, 5) is 26.1. The molecule has 1 aromatic heterocycles. The fraction of sp³-hybridized carbons (Fsp3) is 0.368. The maximum atomic E-state index is 12.3. The zero-order valence-electron chi connectivity index (χ0n) is 16.0. The van der Waals surface area contributed by atoms with Gasteiger partial charge in [0, 0.05) is 18.8 Å². The van der Waals surface area contributed by atoms with E-state index in [-0.39, 0.29) is 34.5 Å². The van der Waals surface area contributed by atoms with Crippen LogP contribution in [0.3, 0.4) is 0 Å². The van der Waals surface area contributed by atoms with Crippen LogP contribution in [-0.4, -0.2) is 57.1 Å². The molecule has 1 saturated heterocycles. The second kappa shape index (κ2) is 8.93. The Morgan fingerprint density at radius 2 is 1.83 bits per heavy atom. The second-order valence-corrected chi connectivity index (χ2v) is 9.60. The van der Waals surface area contributed by atoms with Crippen molar-refractivity contribution in [3.05, 3.63) is 47.3 Å². The highest BCUT2D eigenvalue weighted by molar-refractivity contribution is 7.94. The molecule has 0 radical (unpaired) electrons. The highest BCUT2D eigenvalue weighted by Gasteiger charge is 2.26. The zero-order valence-corrected chi connectivity index (χ0v) is 17.7. The third-order valence-corrected chi connectivity index (χ3v) is 7.01. The quantitative estimate of drug-likeness (QED) is 0.695. The average molecular weight is 439 g/mol. The first kappa shape index (κ1) is 21.3. The fourth-order valence-corrected chi connectivity index (χ4v) is 5.03. The Hall–Kier alpha value is -2.43. The number of carbonyl (C=O) groups excluding carboxylic acids is 2. The van der Waals surface area contributed by atoms with Gasteiger partial charge in [-0.3, -0.25) is 9.52 Å². The predicted octanol–water partition coefficient (Wildman–Crippen LogP) is 2.34. The molecule has 1 aliphatic heterocycles. The van der Waals surface area contributed by atoms with Crippen molar-refractivity contribution in [1.29, 1.82) is 0 Å². The summed E-state index contributed by atoms with van der Waals surface area (Å²) in [5.74, 6) is -0.930. The largest absolute Gasteiger partial charge is 0.452 e. The van der Waals surface area contributed by atoms with Gasteiger partial charge in [-0.25, -0.2) is 13.2 Å². The van der Waals surface area contributed by atoms with Crippen molar-refractivity contribution in [2.45, 2.75) is 30.3 Å². The number of amides is 1. The van der Waals surface area contributed by atoms with Gasteiger partial charge in [0.05, 0.1) is 17.8 Å². The van der Waals surface area contributed by atoms with Gasteiger partial charge in [-0.2, -0.15) is 0 Å². The Kier molecular flexibility index (Phi) is 6.56. The van der Waals surface area contributed by atoms with Crippen LogP contribution in [0.1, 0.15) is 24.2 Å². The van der Waals surface area contributed by atoms with Crippen LogP contribution in [0.4, 0.5) is 5.69 Å². The van der Waals surface area contributed by atoms with Crippen LogP contribution < -0.4 is 4.72 Å². The molecule has 1 fully saturated rings. The minimum atomic E-state index is -3.65. The molecule has 0 spiro atoms. The summed E-state index contributed by atoms with van der Waals surface area (Å²) in [6.07, 6.45) is -0.132. The Morgan fingerprint density at radius 3 is 2.41 bits per heavy atom. The maximum absolute atomic E-state index is 12.3. The number of sulfonamides is 1. The Labute approximate surface area is 173 Å². The topological polar surface area (TPSA) is 102 Å². The molecule has 10 heteroatoms. The molecule has 0 aliphatic carbocycles. The van der Waals surface area contributed by atoms with E-state index in [1.807, 2.05) is 13.8 Å². The minimum Gasteiger partial charge on any atom is -0.452 e. The molecule has 29 heavy (non-hydrogen) atoms. The number of anilines is 1. The number of thiophene rings is 1. The number of nitrogens with one attached hydrogen (secondary N) is 1. The maximum Gasteiger partial charge on any atom is 0.338 e. The molecule has 3 rings (SSSR count). The Morgan fingerprint density at radius 1 is 1.17 bits per heavy atom. The number of nitrogens with zero attached hydrogens (tertiary/aromatic N) is 1. The van der Waals surface area contributed by atoms with Gasteiger partial charge in [0.25, 0.3) is 15.9 Å². The van der Waals surface area contributed by atoms with Gasteiger partial charge >= 0.3 is 5.97 Å². The molecule has 1 amide bonds. The number of benzene rings is 1. The highest BCUT2D eigenvalue weighted by Crippen LogP contribution is 2.20. The number of ether oxygens (including phenoxy) is 2. The van der Waals surface area contributed by atoms with E-state index in [4.69, 9.17) is 9.47 Å². The van der Waals surface area contributed by atoms with Gasteiger partial charge < -0.3 is 14.4 Å². The van der Waals surface area contributed by atoms with Crippen LogP contribution in [0, 0.1) is 0 Å². The van der Waals surface area contributed by atoms with Crippen LogP contribution >= 0.6 is 11.3 Å². The van der Waals surface area contributed by atoms with Crippen molar-refractivity contribution in [3.8, 4) is 0 Å². The molecule has 0 bridgehead atoms. The number of esters is 1. The molecule has 1 aromatic carbocycles. The molecule has 156 valence electrons. The average Bonchev–Trinajstić information content (AvgIpc) is 3.21. The van der Waals surface area contributed by atoms with Gasteiger partial charge in [0.1, 0.15) is 4.21 Å². The second-order valence-electron chi connectivity index (χ2n) is 6.75. The van der Waals surface area contributed by atoms with E-state index in [9.17, 15) is 18.0 Å². The lowest BCUT2D eigenvalue weighted by Gasteiger charge is -2.35. The molecule has 0 unspecified atom stereocenters. The summed E-state index contributed by atoms with van der Waals surface area (Å²) in [5, 5.41) is 1.67.